The van der Waals surface area contributed by atoms with E-state index in [1.165, 1.54) is 36.4 Å². The molecule has 0 radical (unpaired) electrons. The number of fused-ring (bicyclic) bond motifs is 18. The van der Waals surface area contributed by atoms with Gasteiger partial charge in [-0.05, 0) is 172 Å². The van der Waals surface area contributed by atoms with Gasteiger partial charge in [-0.15, -0.1) is 0 Å². The molecule has 414 valence electrons. The molecule has 9 nitrogen and oxygen atoms in total. The molecule has 0 spiro atoms. The average Bonchev–Trinajstić information content (AvgIpc) is 2.86. The lowest BCUT2D eigenvalue weighted by Crippen LogP contribution is -2.28. The molecule has 0 bridgehead atoms. The first-order valence-corrected chi connectivity index (χ1v) is 28.3. The Labute approximate surface area is 455 Å². The summed E-state index contributed by atoms with van der Waals surface area (Å²) in [5.74, 6) is -1.13. The largest absolute Gasteiger partial charge is 0.534 e. The SMILES string of the molecule is Cc1ccc2c(c1)c1ccccc1c1ccc(OS(=O)(=O)C(F)(F)F)cc12.Cc1ccc2c3ccc(OS(=O)(=O)C(F)(F)F)cc3c3ccccc3c2c1.Cc1ccc2c3ccccc3c3ccc(OS(=O)(=O)C(F)(F)F)cc3c2c1. The summed E-state index contributed by atoms with van der Waals surface area (Å²) in [4.78, 5) is 0. The maximum absolute atomic E-state index is 12.6. The third kappa shape index (κ3) is 10.6. The maximum atomic E-state index is 12.6. The van der Waals surface area contributed by atoms with Crippen LogP contribution in [-0.2, 0) is 30.4 Å². The van der Waals surface area contributed by atoms with E-state index in [9.17, 15) is 64.8 Å². The molecule has 0 saturated carbocycles. The molecule has 0 aliphatic carbocycles. The fourth-order valence-electron chi connectivity index (χ4n) is 9.83. The van der Waals surface area contributed by atoms with Crippen LogP contribution in [0.3, 0.4) is 0 Å². The lowest BCUT2D eigenvalue weighted by molar-refractivity contribution is -0.0504. The molecule has 81 heavy (non-hydrogen) atoms. The summed E-state index contributed by atoms with van der Waals surface area (Å²) < 4.78 is 195. The van der Waals surface area contributed by atoms with E-state index in [0.717, 1.165) is 97.5 Å². The van der Waals surface area contributed by atoms with E-state index < -0.39 is 46.9 Å². The van der Waals surface area contributed by atoms with Gasteiger partial charge in [0, 0.05) is 0 Å². The molecule has 0 atom stereocenters. The van der Waals surface area contributed by atoms with Crippen molar-refractivity contribution in [2.45, 2.75) is 37.3 Å². The molecular formula is C60H39F9O9S3. The van der Waals surface area contributed by atoms with Crippen LogP contribution in [-0.4, -0.2) is 41.8 Å². The summed E-state index contributed by atoms with van der Waals surface area (Å²) in [6.07, 6.45) is 0. The van der Waals surface area contributed by atoms with Crippen molar-refractivity contribution in [1.29, 1.82) is 0 Å². The van der Waals surface area contributed by atoms with Gasteiger partial charge in [-0.2, -0.15) is 64.8 Å². The minimum absolute atomic E-state index is 0.377. The summed E-state index contributed by atoms with van der Waals surface area (Å²) >= 11 is 0. The number of aryl methyl sites for hydroxylation is 3. The Morgan fingerprint density at radius 2 is 0.420 bits per heavy atom. The number of alkyl halides is 9. The van der Waals surface area contributed by atoms with Crippen LogP contribution in [0.1, 0.15) is 16.7 Å². The van der Waals surface area contributed by atoms with Crippen molar-refractivity contribution in [2.75, 3.05) is 0 Å². The molecule has 0 saturated heterocycles. The topological polar surface area (TPSA) is 130 Å². The van der Waals surface area contributed by atoms with Gasteiger partial charge in [0.05, 0.1) is 0 Å². The van der Waals surface area contributed by atoms with E-state index in [2.05, 4.69) is 18.6 Å². The number of halogens is 9. The van der Waals surface area contributed by atoms with Gasteiger partial charge < -0.3 is 12.5 Å². The van der Waals surface area contributed by atoms with Crippen LogP contribution in [0, 0.1) is 20.8 Å². The summed E-state index contributed by atoms with van der Waals surface area (Å²) in [6.45, 7) is 5.85. The maximum Gasteiger partial charge on any atom is 0.534 e. The summed E-state index contributed by atoms with van der Waals surface area (Å²) in [5.41, 5.74) is -13.3. The van der Waals surface area contributed by atoms with Gasteiger partial charge in [0.25, 0.3) is 0 Å². The first-order chi connectivity index (χ1) is 38.0. The molecule has 12 rings (SSSR count). The summed E-state index contributed by atoms with van der Waals surface area (Å²) in [5, 5.41) is 15.4. The van der Waals surface area contributed by atoms with Gasteiger partial charge in [-0.25, -0.2) is 0 Å². The molecule has 0 amide bonds. The Balaban J connectivity index is 0.000000136. The molecule has 0 fully saturated rings. The number of hydrogen-bond acceptors (Lipinski definition) is 9. The molecule has 0 heterocycles. The van der Waals surface area contributed by atoms with Crippen LogP contribution >= 0.6 is 0 Å². The molecular weight excluding hydrogens is 1130 g/mol. The highest BCUT2D eigenvalue weighted by Crippen LogP contribution is 2.42. The molecule has 21 heteroatoms. The predicted octanol–water partition coefficient (Wildman–Crippen LogP) is 17.0. The van der Waals surface area contributed by atoms with Crippen LogP contribution in [0.2, 0.25) is 0 Å². The molecule has 12 aromatic carbocycles. The molecule has 0 aliphatic rings. The fourth-order valence-corrected chi connectivity index (χ4v) is 11.2. The van der Waals surface area contributed by atoms with Crippen molar-refractivity contribution in [1.82, 2.24) is 0 Å². The number of benzene rings is 12. The van der Waals surface area contributed by atoms with Gasteiger partial charge in [-0.1, -0.05) is 144 Å². The zero-order chi connectivity index (χ0) is 58.2. The standard InChI is InChI=1S/3C20H13F3O3S/c1-12-6-8-17-18(10-12)15-5-3-2-4-14(15)16-9-7-13(11-19(16)17)26-27(24,25)20(21,22)23;1-12-6-8-16-17-9-7-13(26-27(24,25)20(21,22)23)11-19(17)15-5-3-2-4-14(15)18(16)10-12;1-12-6-8-16-14-4-2-3-5-15(14)17-9-7-13(11-19(17)18(16)10-12)26-27(24,25)20(21,22)23/h3*2-11H,1H3. The first kappa shape index (κ1) is 55.9. The Hall–Kier alpha value is -8.40. The Morgan fingerprint density at radius 3 is 0.667 bits per heavy atom. The van der Waals surface area contributed by atoms with Crippen LogP contribution < -0.4 is 12.5 Å². The van der Waals surface area contributed by atoms with Gasteiger partial charge >= 0.3 is 46.9 Å². The van der Waals surface area contributed by atoms with Gasteiger partial charge in [0.2, 0.25) is 0 Å². The highest BCUT2D eigenvalue weighted by Gasteiger charge is 2.50. The van der Waals surface area contributed by atoms with Crippen LogP contribution in [0.25, 0.3) is 97.0 Å². The van der Waals surface area contributed by atoms with Gasteiger partial charge in [-0.3, -0.25) is 0 Å². The smallest absolute Gasteiger partial charge is 0.376 e. The monoisotopic (exact) mass is 1170 g/mol. The average molecular weight is 1170 g/mol. The third-order valence-corrected chi connectivity index (χ3v) is 16.3. The van der Waals surface area contributed by atoms with Crippen molar-refractivity contribution in [3.63, 3.8) is 0 Å². The minimum Gasteiger partial charge on any atom is -0.376 e. The second-order valence-electron chi connectivity index (χ2n) is 18.9. The number of rotatable bonds is 6. The highest BCUT2D eigenvalue weighted by atomic mass is 32.2. The summed E-state index contributed by atoms with van der Waals surface area (Å²) in [6, 6.07) is 52.9. The number of hydrogen-bond donors (Lipinski definition) is 0. The molecule has 0 aliphatic heterocycles. The lowest BCUT2D eigenvalue weighted by atomic mass is 9.93. The quantitative estimate of drug-likeness (QED) is 0.0691. The Bertz CT molecular complexity index is 4880. The predicted molar refractivity (Wildman–Crippen MR) is 298 cm³/mol. The molecule has 12 aromatic rings. The molecule has 0 unspecified atom stereocenters. The summed E-state index contributed by atoms with van der Waals surface area (Å²) in [7, 11) is -17.2. The normalized spacial score (nSPS) is 12.7. The minimum atomic E-state index is -5.72. The van der Waals surface area contributed by atoms with Crippen LogP contribution in [0.4, 0.5) is 39.5 Å². The van der Waals surface area contributed by atoms with Crippen molar-refractivity contribution < 1.29 is 77.3 Å². The Morgan fingerprint density at radius 1 is 0.247 bits per heavy atom. The van der Waals surface area contributed by atoms with Crippen molar-refractivity contribution in [2.24, 2.45) is 0 Å². The van der Waals surface area contributed by atoms with Crippen molar-refractivity contribution >= 4 is 127 Å². The second kappa shape index (κ2) is 20.3. The van der Waals surface area contributed by atoms with Crippen LogP contribution in [0.5, 0.6) is 17.2 Å². The first-order valence-electron chi connectivity index (χ1n) is 24.1. The van der Waals surface area contributed by atoms with E-state index in [1.807, 2.05) is 142 Å². The Kier molecular flexibility index (Phi) is 14.0. The van der Waals surface area contributed by atoms with Gasteiger partial charge in [0.15, 0.2) is 0 Å². The van der Waals surface area contributed by atoms with E-state index in [0.29, 0.717) is 16.2 Å². The zero-order valence-corrected chi connectivity index (χ0v) is 44.6. The zero-order valence-electron chi connectivity index (χ0n) is 42.1. The lowest BCUT2D eigenvalue weighted by Gasteiger charge is -2.13. The van der Waals surface area contributed by atoms with Crippen LogP contribution in [0.15, 0.2) is 182 Å². The fraction of sp³-hybridized carbons (Fsp3) is 0.100. The molecule has 0 aromatic heterocycles. The third-order valence-electron chi connectivity index (χ3n) is 13.4. The van der Waals surface area contributed by atoms with E-state index in [4.69, 9.17) is 0 Å². The van der Waals surface area contributed by atoms with Crippen molar-refractivity contribution in [3.05, 3.63) is 199 Å². The van der Waals surface area contributed by atoms with E-state index in [1.54, 1.807) is 18.2 Å². The second-order valence-corrected chi connectivity index (χ2v) is 23.5. The van der Waals surface area contributed by atoms with E-state index in [-0.39, 0.29) is 17.2 Å². The highest BCUT2D eigenvalue weighted by molar-refractivity contribution is 7.88. The van der Waals surface area contributed by atoms with E-state index >= 15 is 0 Å². The molecule has 0 N–H and O–H groups in total. The van der Waals surface area contributed by atoms with Crippen molar-refractivity contribution in [3.8, 4) is 17.2 Å². The van der Waals surface area contributed by atoms with Gasteiger partial charge in [0.1, 0.15) is 17.2 Å².